The van der Waals surface area contributed by atoms with Gasteiger partial charge in [0, 0.05) is 35.9 Å². The van der Waals surface area contributed by atoms with Crippen LogP contribution < -0.4 is 10.2 Å². The summed E-state index contributed by atoms with van der Waals surface area (Å²) in [5, 5.41) is 4.50. The molecule has 1 N–H and O–H groups in total. The molecule has 4 rings (SSSR count). The number of carbonyl (C=O) groups excluding carboxylic acids is 1. The first-order chi connectivity index (χ1) is 15.1. The van der Waals surface area contributed by atoms with Crippen LogP contribution in [-0.4, -0.2) is 54.6 Å². The van der Waals surface area contributed by atoms with E-state index >= 15 is 0 Å². The SMILES string of the molecule is O=C(NC1CN(c2ccc(Cl)cn2)CCC1CCN1CCCCC1)c1cccc(Cl)c1. The smallest absolute Gasteiger partial charge is 0.251 e. The molecule has 1 aromatic heterocycles. The van der Waals surface area contributed by atoms with Crippen LogP contribution in [0.1, 0.15) is 42.5 Å². The first kappa shape index (κ1) is 22.4. The monoisotopic (exact) mass is 460 g/mol. The molecule has 3 heterocycles. The number of rotatable bonds is 6. The summed E-state index contributed by atoms with van der Waals surface area (Å²) in [6.45, 7) is 5.18. The maximum Gasteiger partial charge on any atom is 0.251 e. The van der Waals surface area contributed by atoms with E-state index in [-0.39, 0.29) is 11.9 Å². The molecule has 5 nitrogen and oxygen atoms in total. The van der Waals surface area contributed by atoms with E-state index in [1.165, 1.54) is 32.4 Å². The van der Waals surface area contributed by atoms with Crippen molar-refractivity contribution in [3.63, 3.8) is 0 Å². The zero-order chi connectivity index (χ0) is 21.6. The Kier molecular flexibility index (Phi) is 7.70. The highest BCUT2D eigenvalue weighted by Crippen LogP contribution is 2.26. The number of carbonyl (C=O) groups is 1. The van der Waals surface area contributed by atoms with Crippen molar-refractivity contribution < 1.29 is 4.79 Å². The largest absolute Gasteiger partial charge is 0.355 e. The number of nitrogens with zero attached hydrogens (tertiary/aromatic N) is 3. The van der Waals surface area contributed by atoms with Gasteiger partial charge in [-0.1, -0.05) is 35.7 Å². The Bertz CT molecular complexity index is 870. The second kappa shape index (κ2) is 10.7. The highest BCUT2D eigenvalue weighted by Gasteiger charge is 2.31. The molecule has 2 saturated heterocycles. The molecule has 1 amide bonds. The average molecular weight is 461 g/mol. The lowest BCUT2D eigenvalue weighted by Gasteiger charge is -2.40. The zero-order valence-corrected chi connectivity index (χ0v) is 19.3. The maximum absolute atomic E-state index is 13.0. The number of anilines is 1. The standard InChI is InChI=1S/C24H30Cl2N4O/c25-20-6-4-5-19(15-20)24(31)28-22-17-30(23-8-7-21(26)16-27-23)14-10-18(22)9-13-29-11-2-1-3-12-29/h4-8,15-16,18,22H,1-3,9-14,17H2,(H,28,31). The van der Waals surface area contributed by atoms with Gasteiger partial charge >= 0.3 is 0 Å². The number of benzene rings is 1. The summed E-state index contributed by atoms with van der Waals surface area (Å²) in [7, 11) is 0. The van der Waals surface area contributed by atoms with Crippen molar-refractivity contribution in [1.82, 2.24) is 15.2 Å². The van der Waals surface area contributed by atoms with E-state index < -0.39 is 0 Å². The van der Waals surface area contributed by atoms with Gasteiger partial charge in [-0.15, -0.1) is 0 Å². The lowest BCUT2D eigenvalue weighted by atomic mass is 9.88. The molecular weight excluding hydrogens is 431 g/mol. The van der Waals surface area contributed by atoms with Crippen LogP contribution >= 0.6 is 23.2 Å². The molecular formula is C24H30Cl2N4O. The van der Waals surface area contributed by atoms with Gasteiger partial charge in [0.15, 0.2) is 0 Å². The van der Waals surface area contributed by atoms with E-state index in [0.717, 1.165) is 38.3 Å². The summed E-state index contributed by atoms with van der Waals surface area (Å²) in [5.41, 5.74) is 0.601. The zero-order valence-electron chi connectivity index (χ0n) is 17.8. The molecule has 2 aliphatic heterocycles. The van der Waals surface area contributed by atoms with Gasteiger partial charge in [0.2, 0.25) is 0 Å². The highest BCUT2D eigenvalue weighted by atomic mass is 35.5. The quantitative estimate of drug-likeness (QED) is 0.666. The van der Waals surface area contributed by atoms with E-state index in [4.69, 9.17) is 23.2 Å². The number of piperidine rings is 2. The minimum atomic E-state index is -0.0682. The molecule has 0 spiro atoms. The van der Waals surface area contributed by atoms with Crippen molar-refractivity contribution in [1.29, 1.82) is 0 Å². The lowest BCUT2D eigenvalue weighted by Crippen LogP contribution is -2.53. The fraction of sp³-hybridized carbons (Fsp3) is 0.500. The molecule has 2 unspecified atom stereocenters. The molecule has 2 atom stereocenters. The first-order valence-electron chi connectivity index (χ1n) is 11.2. The van der Waals surface area contributed by atoms with Crippen molar-refractivity contribution in [2.75, 3.05) is 37.6 Å². The Hall–Kier alpha value is -1.82. The summed E-state index contributed by atoms with van der Waals surface area (Å²) in [6, 6.07) is 11.0. The van der Waals surface area contributed by atoms with E-state index in [1.807, 2.05) is 24.3 Å². The Labute approximate surface area is 194 Å². The van der Waals surface area contributed by atoms with Gasteiger partial charge in [0.05, 0.1) is 5.02 Å². The van der Waals surface area contributed by atoms with E-state index in [1.54, 1.807) is 18.3 Å². The minimum Gasteiger partial charge on any atom is -0.355 e. The number of amides is 1. The Morgan fingerprint density at radius 2 is 1.90 bits per heavy atom. The number of hydrogen-bond donors (Lipinski definition) is 1. The Balaban J connectivity index is 1.45. The van der Waals surface area contributed by atoms with Crippen LogP contribution in [0.25, 0.3) is 0 Å². The lowest BCUT2D eigenvalue weighted by molar-refractivity contribution is 0.0908. The van der Waals surface area contributed by atoms with Gasteiger partial charge < -0.3 is 15.1 Å². The van der Waals surface area contributed by atoms with E-state index in [0.29, 0.717) is 21.5 Å². The van der Waals surface area contributed by atoms with Crippen molar-refractivity contribution in [3.8, 4) is 0 Å². The van der Waals surface area contributed by atoms with Crippen LogP contribution in [0.2, 0.25) is 10.0 Å². The second-order valence-electron chi connectivity index (χ2n) is 8.61. The molecule has 7 heteroatoms. The van der Waals surface area contributed by atoms with Crippen molar-refractivity contribution in [2.45, 2.75) is 38.1 Å². The predicted octanol–water partition coefficient (Wildman–Crippen LogP) is 4.89. The third kappa shape index (κ3) is 6.12. The third-order valence-corrected chi connectivity index (χ3v) is 6.92. The van der Waals surface area contributed by atoms with Crippen LogP contribution in [-0.2, 0) is 0 Å². The van der Waals surface area contributed by atoms with Crippen LogP contribution in [0.5, 0.6) is 0 Å². The number of nitrogens with one attached hydrogen (secondary N) is 1. The fourth-order valence-electron chi connectivity index (χ4n) is 4.69. The molecule has 2 aliphatic rings. The number of aromatic nitrogens is 1. The molecule has 0 saturated carbocycles. The number of halogens is 2. The summed E-state index contributed by atoms with van der Waals surface area (Å²) >= 11 is 12.1. The molecule has 0 radical (unpaired) electrons. The maximum atomic E-state index is 13.0. The van der Waals surface area contributed by atoms with Crippen LogP contribution in [0.15, 0.2) is 42.6 Å². The molecule has 0 bridgehead atoms. The number of likely N-dealkylation sites (tertiary alicyclic amines) is 1. The number of pyridine rings is 1. The van der Waals surface area contributed by atoms with Gasteiger partial charge in [-0.05, 0) is 81.6 Å². The fourth-order valence-corrected chi connectivity index (χ4v) is 4.99. The molecule has 166 valence electrons. The topological polar surface area (TPSA) is 48.5 Å². The van der Waals surface area contributed by atoms with Crippen LogP contribution in [0, 0.1) is 5.92 Å². The van der Waals surface area contributed by atoms with E-state index in [2.05, 4.69) is 20.1 Å². The number of hydrogen-bond acceptors (Lipinski definition) is 4. The second-order valence-corrected chi connectivity index (χ2v) is 9.48. The summed E-state index contributed by atoms with van der Waals surface area (Å²) in [4.78, 5) is 22.3. The first-order valence-corrected chi connectivity index (χ1v) is 12.0. The van der Waals surface area contributed by atoms with Gasteiger partial charge in [0.25, 0.3) is 5.91 Å². The van der Waals surface area contributed by atoms with E-state index in [9.17, 15) is 4.79 Å². The molecule has 0 aliphatic carbocycles. The van der Waals surface area contributed by atoms with Crippen LogP contribution in [0.3, 0.4) is 0 Å². The Morgan fingerprint density at radius 3 is 2.65 bits per heavy atom. The van der Waals surface area contributed by atoms with Crippen molar-refractivity contribution >= 4 is 34.9 Å². The summed E-state index contributed by atoms with van der Waals surface area (Å²) in [5.74, 6) is 1.27. The summed E-state index contributed by atoms with van der Waals surface area (Å²) in [6.07, 6.45) is 7.76. The van der Waals surface area contributed by atoms with Gasteiger partial charge in [-0.25, -0.2) is 4.98 Å². The normalized spacial score (nSPS) is 22.3. The minimum absolute atomic E-state index is 0.0579. The molecule has 2 fully saturated rings. The van der Waals surface area contributed by atoms with Gasteiger partial charge in [-0.3, -0.25) is 4.79 Å². The average Bonchev–Trinajstić information content (AvgIpc) is 2.79. The molecule has 1 aromatic carbocycles. The summed E-state index contributed by atoms with van der Waals surface area (Å²) < 4.78 is 0. The molecule has 2 aromatic rings. The Morgan fingerprint density at radius 1 is 1.06 bits per heavy atom. The third-order valence-electron chi connectivity index (χ3n) is 6.46. The van der Waals surface area contributed by atoms with Crippen molar-refractivity contribution in [3.05, 3.63) is 58.2 Å². The van der Waals surface area contributed by atoms with Gasteiger partial charge in [0.1, 0.15) is 5.82 Å². The van der Waals surface area contributed by atoms with Gasteiger partial charge in [-0.2, -0.15) is 0 Å². The highest BCUT2D eigenvalue weighted by molar-refractivity contribution is 6.31. The van der Waals surface area contributed by atoms with Crippen molar-refractivity contribution in [2.24, 2.45) is 5.92 Å². The van der Waals surface area contributed by atoms with Crippen LogP contribution in [0.4, 0.5) is 5.82 Å². The molecule has 31 heavy (non-hydrogen) atoms. The predicted molar refractivity (Wildman–Crippen MR) is 127 cm³/mol.